The van der Waals surface area contributed by atoms with Gasteiger partial charge in [-0.1, -0.05) is 0 Å². The van der Waals surface area contributed by atoms with Gasteiger partial charge in [-0.15, -0.1) is 11.3 Å². The van der Waals surface area contributed by atoms with Gasteiger partial charge >= 0.3 is 5.97 Å². The number of rotatable bonds is 2. The van der Waals surface area contributed by atoms with Gasteiger partial charge in [0, 0.05) is 18.0 Å². The molecule has 0 aliphatic rings. The summed E-state index contributed by atoms with van der Waals surface area (Å²) in [5.41, 5.74) is 4.14. The lowest BCUT2D eigenvalue weighted by atomic mass is 10.00. The van der Waals surface area contributed by atoms with Crippen LogP contribution in [0.25, 0.3) is 11.1 Å². The summed E-state index contributed by atoms with van der Waals surface area (Å²) in [6.45, 7) is 3.98. The van der Waals surface area contributed by atoms with Gasteiger partial charge < -0.3 is 4.74 Å². The number of ether oxygens (including phenoxy) is 1. The molecule has 2 rings (SSSR count). The van der Waals surface area contributed by atoms with Crippen LogP contribution >= 0.6 is 11.3 Å². The van der Waals surface area contributed by atoms with E-state index in [4.69, 9.17) is 4.74 Å². The fraction of sp³-hybridized carbons (Fsp3) is 0.231. The van der Waals surface area contributed by atoms with Crippen molar-refractivity contribution in [3.05, 3.63) is 39.8 Å². The quantitative estimate of drug-likeness (QED) is 0.765. The first-order chi connectivity index (χ1) is 8.15. The monoisotopic (exact) mass is 247 g/mol. The third-order valence-corrected chi connectivity index (χ3v) is 3.71. The van der Waals surface area contributed by atoms with Crippen molar-refractivity contribution in [1.29, 1.82) is 0 Å². The number of carbonyl (C=O) groups excluding carboxylic acids is 1. The molecule has 0 unspecified atom stereocenters. The summed E-state index contributed by atoms with van der Waals surface area (Å²) in [6, 6.07) is 1.93. The van der Waals surface area contributed by atoms with Crippen molar-refractivity contribution >= 4 is 17.3 Å². The Balaban J connectivity index is 2.63. The zero-order chi connectivity index (χ0) is 12.4. The van der Waals surface area contributed by atoms with E-state index in [1.165, 1.54) is 18.4 Å². The molecule has 0 amide bonds. The van der Waals surface area contributed by atoms with Crippen molar-refractivity contribution in [2.45, 2.75) is 13.8 Å². The Bertz CT molecular complexity index is 560. The van der Waals surface area contributed by atoms with Gasteiger partial charge in [-0.05, 0) is 42.0 Å². The van der Waals surface area contributed by atoms with Crippen LogP contribution in [0.3, 0.4) is 0 Å². The summed E-state index contributed by atoms with van der Waals surface area (Å²) in [5, 5.41) is 1.97. The van der Waals surface area contributed by atoms with Gasteiger partial charge in [0.05, 0.1) is 7.11 Å². The molecule has 0 aliphatic heterocycles. The van der Waals surface area contributed by atoms with E-state index in [1.807, 2.05) is 25.3 Å². The van der Waals surface area contributed by atoms with E-state index in [0.29, 0.717) is 4.88 Å². The first-order valence-corrected chi connectivity index (χ1v) is 6.10. The molecule has 88 valence electrons. The highest BCUT2D eigenvalue weighted by Gasteiger charge is 2.18. The predicted octanol–water partition coefficient (Wildman–Crippen LogP) is 3.21. The molecule has 17 heavy (non-hydrogen) atoms. The molecule has 0 spiro atoms. The number of aryl methyl sites for hydroxylation is 2. The molecule has 0 bridgehead atoms. The fourth-order valence-electron chi connectivity index (χ4n) is 1.78. The Morgan fingerprint density at radius 3 is 2.76 bits per heavy atom. The predicted molar refractivity (Wildman–Crippen MR) is 68.4 cm³/mol. The second-order valence-electron chi connectivity index (χ2n) is 3.81. The van der Waals surface area contributed by atoms with Crippen molar-refractivity contribution in [2.24, 2.45) is 0 Å². The van der Waals surface area contributed by atoms with Crippen molar-refractivity contribution in [3.63, 3.8) is 0 Å². The van der Waals surface area contributed by atoms with Gasteiger partial charge in [-0.3, -0.25) is 4.98 Å². The zero-order valence-electron chi connectivity index (χ0n) is 9.98. The number of hydrogen-bond donors (Lipinski definition) is 0. The lowest BCUT2D eigenvalue weighted by molar-refractivity contribution is 0.0607. The normalized spacial score (nSPS) is 10.3. The summed E-state index contributed by atoms with van der Waals surface area (Å²) in [6.07, 6.45) is 3.54. The lowest BCUT2D eigenvalue weighted by Gasteiger charge is -2.07. The van der Waals surface area contributed by atoms with Crippen LogP contribution in [0.5, 0.6) is 0 Å². The number of methoxy groups -OCH3 is 1. The largest absolute Gasteiger partial charge is 0.465 e. The Morgan fingerprint density at radius 2 is 2.12 bits per heavy atom. The topological polar surface area (TPSA) is 39.2 Å². The van der Waals surface area contributed by atoms with E-state index in [-0.39, 0.29) is 5.97 Å². The number of esters is 1. The lowest BCUT2D eigenvalue weighted by Crippen LogP contribution is -2.01. The molecule has 2 aromatic rings. The van der Waals surface area contributed by atoms with Crippen LogP contribution in [0.2, 0.25) is 0 Å². The third-order valence-electron chi connectivity index (χ3n) is 2.64. The minimum absolute atomic E-state index is 0.283. The van der Waals surface area contributed by atoms with Crippen LogP contribution in [0, 0.1) is 13.8 Å². The number of aromatic nitrogens is 1. The summed E-state index contributed by atoms with van der Waals surface area (Å²) in [4.78, 5) is 16.4. The van der Waals surface area contributed by atoms with Crippen molar-refractivity contribution in [1.82, 2.24) is 4.98 Å². The number of thiophene rings is 1. The molecule has 0 radical (unpaired) electrons. The second kappa shape index (κ2) is 4.67. The maximum absolute atomic E-state index is 11.7. The number of carbonyl (C=O) groups is 1. The fourth-order valence-corrected chi connectivity index (χ4v) is 2.76. The van der Waals surface area contributed by atoms with Crippen molar-refractivity contribution in [3.8, 4) is 11.1 Å². The van der Waals surface area contributed by atoms with E-state index in [1.54, 1.807) is 12.4 Å². The third kappa shape index (κ3) is 2.08. The Hall–Kier alpha value is -1.68. The maximum Gasteiger partial charge on any atom is 0.348 e. The molecule has 0 fully saturated rings. The first-order valence-electron chi connectivity index (χ1n) is 5.22. The Morgan fingerprint density at radius 1 is 1.35 bits per heavy atom. The van der Waals surface area contributed by atoms with E-state index in [0.717, 1.165) is 22.3 Å². The van der Waals surface area contributed by atoms with E-state index in [2.05, 4.69) is 4.98 Å². The van der Waals surface area contributed by atoms with E-state index >= 15 is 0 Å². The highest BCUT2D eigenvalue weighted by atomic mass is 32.1. The molecule has 0 saturated heterocycles. The molecule has 0 aromatic carbocycles. The molecule has 4 heteroatoms. The number of hydrogen-bond acceptors (Lipinski definition) is 4. The highest BCUT2D eigenvalue weighted by Crippen LogP contribution is 2.34. The standard InChI is InChI=1S/C13H13NO2S/c1-8-6-14-5-4-10(8)11-9(2)7-17-12(11)13(15)16-3/h4-7H,1-3H3. The molecule has 0 saturated carbocycles. The maximum atomic E-state index is 11.7. The van der Waals surface area contributed by atoms with Gasteiger partial charge in [0.25, 0.3) is 0 Å². The molecule has 0 aliphatic carbocycles. The van der Waals surface area contributed by atoms with Gasteiger partial charge in [-0.2, -0.15) is 0 Å². The Kier molecular flexibility index (Phi) is 3.24. The van der Waals surface area contributed by atoms with Gasteiger partial charge in [0.2, 0.25) is 0 Å². The van der Waals surface area contributed by atoms with Gasteiger partial charge in [-0.25, -0.2) is 4.79 Å². The summed E-state index contributed by atoms with van der Waals surface area (Å²) < 4.78 is 4.81. The molecule has 3 nitrogen and oxygen atoms in total. The molecular weight excluding hydrogens is 234 g/mol. The second-order valence-corrected chi connectivity index (χ2v) is 4.68. The molecule has 2 heterocycles. The van der Waals surface area contributed by atoms with Crippen LogP contribution < -0.4 is 0 Å². The number of nitrogens with zero attached hydrogens (tertiary/aromatic N) is 1. The average molecular weight is 247 g/mol. The van der Waals surface area contributed by atoms with Gasteiger partial charge in [0.15, 0.2) is 0 Å². The summed E-state index contributed by atoms with van der Waals surface area (Å²) in [7, 11) is 1.40. The zero-order valence-corrected chi connectivity index (χ0v) is 10.8. The molecule has 2 aromatic heterocycles. The van der Waals surface area contributed by atoms with Crippen LogP contribution in [-0.4, -0.2) is 18.1 Å². The van der Waals surface area contributed by atoms with Gasteiger partial charge in [0.1, 0.15) is 4.88 Å². The van der Waals surface area contributed by atoms with Crippen LogP contribution in [0.1, 0.15) is 20.8 Å². The van der Waals surface area contributed by atoms with Crippen LogP contribution in [0.4, 0.5) is 0 Å². The average Bonchev–Trinajstić information content (AvgIpc) is 2.71. The van der Waals surface area contributed by atoms with Crippen molar-refractivity contribution < 1.29 is 9.53 Å². The summed E-state index contributed by atoms with van der Waals surface area (Å²) in [5.74, 6) is -0.283. The SMILES string of the molecule is COC(=O)c1scc(C)c1-c1ccncc1C. The molecule has 0 N–H and O–H groups in total. The molecule has 0 atom stereocenters. The number of pyridine rings is 1. The van der Waals surface area contributed by atoms with E-state index < -0.39 is 0 Å². The highest BCUT2D eigenvalue weighted by molar-refractivity contribution is 7.12. The van der Waals surface area contributed by atoms with Crippen molar-refractivity contribution in [2.75, 3.05) is 7.11 Å². The first kappa shape index (κ1) is 11.8. The minimum Gasteiger partial charge on any atom is -0.465 e. The summed E-state index contributed by atoms with van der Waals surface area (Å²) >= 11 is 1.42. The minimum atomic E-state index is -0.283. The van der Waals surface area contributed by atoms with Crippen LogP contribution in [0.15, 0.2) is 23.8 Å². The Labute approximate surface area is 104 Å². The smallest absolute Gasteiger partial charge is 0.348 e. The van der Waals surface area contributed by atoms with E-state index in [9.17, 15) is 4.79 Å². The molecular formula is C13H13NO2S. The van der Waals surface area contributed by atoms with Crippen LogP contribution in [-0.2, 0) is 4.74 Å².